The summed E-state index contributed by atoms with van der Waals surface area (Å²) in [5, 5.41) is 8.90. The maximum atomic E-state index is 4.47. The molecule has 0 spiro atoms. The number of rotatable bonds is 4. The Labute approximate surface area is 143 Å². The molecule has 24 heavy (non-hydrogen) atoms. The number of benzene rings is 2. The fraction of sp³-hybridized carbons (Fsp3) is 0.333. The fourth-order valence-electron chi connectivity index (χ4n) is 3.68. The Hall–Kier alpha value is -2.42. The Morgan fingerprint density at radius 3 is 2.67 bits per heavy atom. The Morgan fingerprint density at radius 2 is 1.88 bits per heavy atom. The third kappa shape index (κ3) is 2.54. The summed E-state index contributed by atoms with van der Waals surface area (Å²) < 4.78 is 2.24. The van der Waals surface area contributed by atoms with Gasteiger partial charge in [-0.2, -0.15) is 0 Å². The molecule has 0 N–H and O–H groups in total. The second-order valence-electron chi connectivity index (χ2n) is 6.72. The van der Waals surface area contributed by atoms with E-state index in [1.807, 2.05) is 6.07 Å². The van der Waals surface area contributed by atoms with E-state index in [9.17, 15) is 0 Å². The standard InChI is InChI=1S/C21H23N3/c1-3-7-15(2)17-10-12-19-18(14-17)11-13-20-22-23-21(24(19)20)16-8-5-4-6-9-16/h4-6,8-10,12,14-15H,3,7,11,13H2,1-2H3. The molecule has 1 aromatic heterocycles. The second kappa shape index (κ2) is 6.23. The number of hydrogen-bond acceptors (Lipinski definition) is 2. The van der Waals surface area contributed by atoms with Gasteiger partial charge in [0.1, 0.15) is 5.82 Å². The van der Waals surface area contributed by atoms with Crippen LogP contribution in [0, 0.1) is 0 Å². The Kier molecular flexibility index (Phi) is 3.93. The van der Waals surface area contributed by atoms with Crippen LogP contribution in [0.2, 0.25) is 0 Å². The Balaban J connectivity index is 1.79. The van der Waals surface area contributed by atoms with Gasteiger partial charge in [-0.3, -0.25) is 4.57 Å². The number of hydrogen-bond donors (Lipinski definition) is 0. The van der Waals surface area contributed by atoms with Gasteiger partial charge in [-0.1, -0.05) is 62.7 Å². The largest absolute Gasteiger partial charge is 0.279 e. The van der Waals surface area contributed by atoms with Gasteiger partial charge in [0, 0.05) is 12.0 Å². The van der Waals surface area contributed by atoms with Crippen LogP contribution in [0.15, 0.2) is 48.5 Å². The van der Waals surface area contributed by atoms with E-state index in [4.69, 9.17) is 0 Å². The van der Waals surface area contributed by atoms with E-state index in [-0.39, 0.29) is 0 Å². The lowest BCUT2D eigenvalue weighted by Crippen LogP contribution is -2.14. The molecular formula is C21H23N3. The summed E-state index contributed by atoms with van der Waals surface area (Å²) in [7, 11) is 0. The molecule has 4 rings (SSSR count). The average molecular weight is 317 g/mol. The van der Waals surface area contributed by atoms with Crippen LogP contribution in [0.3, 0.4) is 0 Å². The summed E-state index contributed by atoms with van der Waals surface area (Å²) in [4.78, 5) is 0. The molecule has 0 amide bonds. The van der Waals surface area contributed by atoms with Crippen LogP contribution in [0.4, 0.5) is 0 Å². The molecule has 0 bridgehead atoms. The number of nitrogens with zero attached hydrogens (tertiary/aromatic N) is 3. The lowest BCUT2D eigenvalue weighted by Gasteiger charge is -2.22. The fourth-order valence-corrected chi connectivity index (χ4v) is 3.68. The maximum Gasteiger partial charge on any atom is 0.168 e. The first kappa shape index (κ1) is 15.1. The van der Waals surface area contributed by atoms with Crippen LogP contribution >= 0.6 is 0 Å². The van der Waals surface area contributed by atoms with E-state index in [0.717, 1.165) is 30.1 Å². The van der Waals surface area contributed by atoms with Gasteiger partial charge >= 0.3 is 0 Å². The highest BCUT2D eigenvalue weighted by atomic mass is 15.3. The number of aromatic nitrogens is 3. The Morgan fingerprint density at radius 1 is 1.04 bits per heavy atom. The van der Waals surface area contributed by atoms with Gasteiger partial charge in [0.2, 0.25) is 0 Å². The van der Waals surface area contributed by atoms with Crippen molar-refractivity contribution in [3.8, 4) is 17.1 Å². The van der Waals surface area contributed by atoms with Crippen molar-refractivity contribution in [1.82, 2.24) is 14.8 Å². The number of aryl methyl sites for hydroxylation is 2. The molecule has 3 heteroatoms. The minimum atomic E-state index is 0.621. The molecule has 1 aliphatic rings. The molecule has 0 fully saturated rings. The van der Waals surface area contributed by atoms with Gasteiger partial charge in [0.25, 0.3) is 0 Å². The third-order valence-corrected chi connectivity index (χ3v) is 5.02. The highest BCUT2D eigenvalue weighted by Gasteiger charge is 2.22. The predicted octanol–water partition coefficient (Wildman–Crippen LogP) is 4.94. The summed E-state index contributed by atoms with van der Waals surface area (Å²) in [5.41, 5.74) is 5.23. The van der Waals surface area contributed by atoms with Crippen LogP contribution in [0.25, 0.3) is 17.1 Å². The average Bonchev–Trinajstić information content (AvgIpc) is 3.06. The quantitative estimate of drug-likeness (QED) is 0.682. The zero-order valence-corrected chi connectivity index (χ0v) is 14.4. The molecular weight excluding hydrogens is 294 g/mol. The molecule has 0 saturated heterocycles. The van der Waals surface area contributed by atoms with Crippen molar-refractivity contribution in [2.75, 3.05) is 0 Å². The first-order chi connectivity index (χ1) is 11.8. The molecule has 0 saturated carbocycles. The van der Waals surface area contributed by atoms with Crippen LogP contribution in [-0.4, -0.2) is 14.8 Å². The number of fused-ring (bicyclic) bond motifs is 3. The normalized spacial score (nSPS) is 14.1. The summed E-state index contributed by atoms with van der Waals surface area (Å²) in [6, 6.07) is 17.3. The smallest absolute Gasteiger partial charge is 0.168 e. The van der Waals surface area contributed by atoms with Crippen molar-refractivity contribution in [1.29, 1.82) is 0 Å². The Bertz CT molecular complexity index is 849. The highest BCUT2D eigenvalue weighted by Crippen LogP contribution is 2.32. The van der Waals surface area contributed by atoms with Crippen LogP contribution in [0.5, 0.6) is 0 Å². The molecule has 3 aromatic rings. The second-order valence-corrected chi connectivity index (χ2v) is 6.72. The van der Waals surface area contributed by atoms with Crippen LogP contribution in [0.1, 0.15) is 49.6 Å². The highest BCUT2D eigenvalue weighted by molar-refractivity contribution is 5.61. The van der Waals surface area contributed by atoms with Crippen LogP contribution in [-0.2, 0) is 12.8 Å². The minimum Gasteiger partial charge on any atom is -0.279 e. The van der Waals surface area contributed by atoms with Gasteiger partial charge in [-0.05, 0) is 36.0 Å². The molecule has 1 unspecified atom stereocenters. The van der Waals surface area contributed by atoms with E-state index < -0.39 is 0 Å². The van der Waals surface area contributed by atoms with Gasteiger partial charge in [0.05, 0.1) is 5.69 Å². The van der Waals surface area contributed by atoms with E-state index in [1.54, 1.807) is 0 Å². The first-order valence-corrected chi connectivity index (χ1v) is 8.91. The third-order valence-electron chi connectivity index (χ3n) is 5.02. The molecule has 1 aliphatic heterocycles. The van der Waals surface area contributed by atoms with Gasteiger partial charge in [-0.15, -0.1) is 10.2 Å². The summed E-state index contributed by atoms with van der Waals surface area (Å²) >= 11 is 0. The monoisotopic (exact) mass is 317 g/mol. The van der Waals surface area contributed by atoms with Gasteiger partial charge in [0.15, 0.2) is 5.82 Å². The molecule has 122 valence electrons. The lowest BCUT2D eigenvalue weighted by atomic mass is 9.92. The molecule has 3 nitrogen and oxygen atoms in total. The molecule has 1 atom stereocenters. The van der Waals surface area contributed by atoms with Gasteiger partial charge < -0.3 is 0 Å². The zero-order chi connectivity index (χ0) is 16.5. The minimum absolute atomic E-state index is 0.621. The lowest BCUT2D eigenvalue weighted by molar-refractivity contribution is 0.662. The molecule has 2 aromatic carbocycles. The SMILES string of the molecule is CCCC(C)c1ccc2c(c1)CCc1nnc(-c3ccccc3)n1-2. The van der Waals surface area contributed by atoms with Crippen molar-refractivity contribution >= 4 is 0 Å². The van der Waals surface area contributed by atoms with E-state index in [1.165, 1.54) is 29.7 Å². The van der Waals surface area contributed by atoms with E-state index in [2.05, 4.69) is 71.1 Å². The van der Waals surface area contributed by atoms with Gasteiger partial charge in [-0.25, -0.2) is 0 Å². The summed E-state index contributed by atoms with van der Waals surface area (Å²) in [6.07, 6.45) is 4.48. The van der Waals surface area contributed by atoms with Crippen molar-refractivity contribution in [3.63, 3.8) is 0 Å². The van der Waals surface area contributed by atoms with E-state index >= 15 is 0 Å². The predicted molar refractivity (Wildman–Crippen MR) is 97.5 cm³/mol. The van der Waals surface area contributed by atoms with Crippen molar-refractivity contribution in [3.05, 3.63) is 65.5 Å². The van der Waals surface area contributed by atoms with Crippen molar-refractivity contribution < 1.29 is 0 Å². The maximum absolute atomic E-state index is 4.47. The van der Waals surface area contributed by atoms with Crippen LogP contribution < -0.4 is 0 Å². The van der Waals surface area contributed by atoms with Crippen molar-refractivity contribution in [2.45, 2.75) is 45.4 Å². The summed E-state index contributed by atoms with van der Waals surface area (Å²) in [5.74, 6) is 2.63. The first-order valence-electron chi connectivity index (χ1n) is 8.91. The topological polar surface area (TPSA) is 30.7 Å². The summed E-state index contributed by atoms with van der Waals surface area (Å²) in [6.45, 7) is 4.58. The zero-order valence-electron chi connectivity index (χ0n) is 14.4. The molecule has 2 heterocycles. The molecule has 0 aliphatic carbocycles. The van der Waals surface area contributed by atoms with Crippen molar-refractivity contribution in [2.24, 2.45) is 0 Å². The van der Waals surface area contributed by atoms with E-state index in [0.29, 0.717) is 5.92 Å². The molecule has 0 radical (unpaired) electrons.